The van der Waals surface area contributed by atoms with E-state index in [9.17, 15) is 24.5 Å². The van der Waals surface area contributed by atoms with Crippen molar-refractivity contribution in [1.82, 2.24) is 5.32 Å². The van der Waals surface area contributed by atoms with Crippen LogP contribution in [0.4, 0.5) is 17.1 Å². The summed E-state index contributed by atoms with van der Waals surface area (Å²) in [5.74, 6) is -1.25. The lowest BCUT2D eigenvalue weighted by Gasteiger charge is -2.12. The number of aryl methyl sites for hydroxylation is 1. The predicted molar refractivity (Wildman–Crippen MR) is 186 cm³/mol. The number of rotatable bonds is 11. The highest BCUT2D eigenvalue weighted by Crippen LogP contribution is 2.25. The van der Waals surface area contributed by atoms with E-state index in [1.54, 1.807) is 73.7 Å². The molecule has 5 aromatic rings. The van der Waals surface area contributed by atoms with Crippen molar-refractivity contribution in [2.45, 2.75) is 11.8 Å². The number of carbonyl (C=O) groups excluding carboxylic acids is 3. The summed E-state index contributed by atoms with van der Waals surface area (Å²) in [4.78, 5) is 50.5. The van der Waals surface area contributed by atoms with Crippen molar-refractivity contribution >= 4 is 52.6 Å². The molecule has 0 aliphatic heterocycles. The molecule has 0 atom stereocenters. The summed E-state index contributed by atoms with van der Waals surface area (Å²) in [6.07, 6.45) is 1.61. The van der Waals surface area contributed by atoms with Gasteiger partial charge in [-0.05, 0) is 65.6 Å². The average Bonchev–Trinajstić information content (AvgIpc) is 3.09. The van der Waals surface area contributed by atoms with E-state index in [1.165, 1.54) is 23.9 Å². The van der Waals surface area contributed by atoms with Crippen LogP contribution >= 0.6 is 11.8 Å². The molecule has 0 saturated heterocycles. The minimum absolute atomic E-state index is 0.0385. The van der Waals surface area contributed by atoms with Gasteiger partial charge in [0.05, 0.1) is 16.4 Å². The van der Waals surface area contributed by atoms with Crippen LogP contribution in [-0.4, -0.2) is 28.4 Å². The molecule has 10 heteroatoms. The smallest absolute Gasteiger partial charge is 0.272 e. The standard InChI is InChI=1S/C37H30N4O5S/c1-25-15-20-31(41(45)46)23-33(25)39-35(42)24-47-32-14-8-13-30(22-32)38-37(44)34(40-36(43)29-11-6-3-7-12-29)21-26-16-18-28(19-17-26)27-9-4-2-5-10-27/h2-23H,24H2,1H3,(H,38,44)(H,39,42)(H,40,43)/b34-21+. The lowest BCUT2D eigenvalue weighted by Crippen LogP contribution is -2.30. The van der Waals surface area contributed by atoms with Crippen LogP contribution in [0.25, 0.3) is 17.2 Å². The molecule has 0 fully saturated rings. The van der Waals surface area contributed by atoms with Crippen LogP contribution in [0.2, 0.25) is 0 Å². The van der Waals surface area contributed by atoms with Gasteiger partial charge in [-0.2, -0.15) is 0 Å². The van der Waals surface area contributed by atoms with Gasteiger partial charge in [0.25, 0.3) is 17.5 Å². The Kier molecular flexibility index (Phi) is 10.6. The number of anilines is 2. The van der Waals surface area contributed by atoms with Crippen molar-refractivity contribution in [3.05, 3.63) is 160 Å². The summed E-state index contributed by atoms with van der Waals surface area (Å²) >= 11 is 1.24. The molecule has 0 unspecified atom stereocenters. The van der Waals surface area contributed by atoms with Crippen LogP contribution in [0.3, 0.4) is 0 Å². The van der Waals surface area contributed by atoms with Crippen LogP contribution in [0.1, 0.15) is 21.5 Å². The molecule has 0 spiro atoms. The van der Waals surface area contributed by atoms with Crippen molar-refractivity contribution in [1.29, 1.82) is 0 Å². The predicted octanol–water partition coefficient (Wildman–Crippen LogP) is 7.71. The first-order valence-electron chi connectivity index (χ1n) is 14.6. The van der Waals surface area contributed by atoms with E-state index < -0.39 is 16.7 Å². The summed E-state index contributed by atoms with van der Waals surface area (Å²) in [5, 5.41) is 19.4. The largest absolute Gasteiger partial charge is 0.325 e. The third-order valence-electron chi connectivity index (χ3n) is 7.03. The summed E-state index contributed by atoms with van der Waals surface area (Å²) in [6, 6.07) is 37.5. The van der Waals surface area contributed by atoms with E-state index >= 15 is 0 Å². The summed E-state index contributed by atoms with van der Waals surface area (Å²) in [7, 11) is 0. The van der Waals surface area contributed by atoms with Crippen molar-refractivity contribution in [2.24, 2.45) is 0 Å². The SMILES string of the molecule is Cc1ccc([N+](=O)[O-])cc1NC(=O)CSc1cccc(NC(=O)/C(=C\c2ccc(-c3ccccc3)cc2)NC(=O)c2ccccc2)c1. The van der Waals surface area contributed by atoms with Crippen LogP contribution in [-0.2, 0) is 9.59 Å². The fraction of sp³-hybridized carbons (Fsp3) is 0.0541. The van der Waals surface area contributed by atoms with Crippen LogP contribution in [0.15, 0.2) is 138 Å². The first-order chi connectivity index (χ1) is 22.7. The Bertz CT molecular complexity index is 1950. The molecule has 3 amide bonds. The van der Waals surface area contributed by atoms with Gasteiger partial charge in [0.2, 0.25) is 5.91 Å². The number of nitro benzene ring substituents is 1. The molecule has 3 N–H and O–H groups in total. The minimum Gasteiger partial charge on any atom is -0.325 e. The van der Waals surface area contributed by atoms with Gasteiger partial charge in [0.15, 0.2) is 0 Å². The molecule has 5 rings (SSSR count). The second-order valence-electron chi connectivity index (χ2n) is 10.4. The maximum absolute atomic E-state index is 13.5. The first-order valence-corrected chi connectivity index (χ1v) is 15.6. The number of hydrogen-bond acceptors (Lipinski definition) is 6. The molecule has 0 aromatic heterocycles. The molecular formula is C37H30N4O5S. The van der Waals surface area contributed by atoms with Gasteiger partial charge >= 0.3 is 0 Å². The molecule has 47 heavy (non-hydrogen) atoms. The summed E-state index contributed by atoms with van der Waals surface area (Å²) in [6.45, 7) is 1.75. The van der Waals surface area contributed by atoms with Crippen LogP contribution < -0.4 is 16.0 Å². The summed E-state index contributed by atoms with van der Waals surface area (Å²) < 4.78 is 0. The zero-order valence-corrected chi connectivity index (χ0v) is 26.1. The highest BCUT2D eigenvalue weighted by molar-refractivity contribution is 8.00. The number of nitrogens with zero attached hydrogens (tertiary/aromatic N) is 1. The highest BCUT2D eigenvalue weighted by atomic mass is 32.2. The zero-order chi connectivity index (χ0) is 33.2. The molecule has 5 aromatic carbocycles. The quantitative estimate of drug-likeness (QED) is 0.0586. The lowest BCUT2D eigenvalue weighted by molar-refractivity contribution is -0.384. The van der Waals surface area contributed by atoms with Crippen LogP contribution in [0, 0.1) is 17.0 Å². The molecule has 0 aliphatic carbocycles. The van der Waals surface area contributed by atoms with Crippen molar-refractivity contribution in [3.63, 3.8) is 0 Å². The van der Waals surface area contributed by atoms with E-state index in [2.05, 4.69) is 16.0 Å². The van der Waals surface area contributed by atoms with E-state index in [0.717, 1.165) is 16.7 Å². The maximum Gasteiger partial charge on any atom is 0.272 e. The van der Waals surface area contributed by atoms with E-state index in [-0.39, 0.29) is 23.0 Å². The lowest BCUT2D eigenvalue weighted by atomic mass is 10.0. The van der Waals surface area contributed by atoms with Crippen LogP contribution in [0.5, 0.6) is 0 Å². The number of non-ortho nitro benzene ring substituents is 1. The Hall–Kier alpha value is -6.00. The number of hydrogen-bond donors (Lipinski definition) is 3. The van der Waals surface area contributed by atoms with Crippen molar-refractivity contribution in [2.75, 3.05) is 16.4 Å². The van der Waals surface area contributed by atoms with Gasteiger partial charge in [-0.3, -0.25) is 24.5 Å². The maximum atomic E-state index is 13.5. The minimum atomic E-state index is -0.526. The Morgan fingerprint density at radius 3 is 2.15 bits per heavy atom. The number of thioether (sulfide) groups is 1. The van der Waals surface area contributed by atoms with Crippen molar-refractivity contribution < 1.29 is 19.3 Å². The third kappa shape index (κ3) is 9.03. The number of benzene rings is 5. The van der Waals surface area contributed by atoms with E-state index in [0.29, 0.717) is 27.4 Å². The normalized spacial score (nSPS) is 11.0. The number of nitro groups is 1. The Morgan fingerprint density at radius 1 is 0.766 bits per heavy atom. The molecule has 0 aliphatic rings. The zero-order valence-electron chi connectivity index (χ0n) is 25.3. The Morgan fingerprint density at radius 2 is 1.45 bits per heavy atom. The number of amides is 3. The van der Waals surface area contributed by atoms with Gasteiger partial charge in [0.1, 0.15) is 5.70 Å². The Labute approximate surface area is 275 Å². The van der Waals surface area contributed by atoms with E-state index in [4.69, 9.17) is 0 Å². The van der Waals surface area contributed by atoms with Gasteiger partial charge in [-0.25, -0.2) is 0 Å². The van der Waals surface area contributed by atoms with Gasteiger partial charge in [-0.1, -0.05) is 84.9 Å². The average molecular weight is 643 g/mol. The molecule has 0 saturated carbocycles. The van der Waals surface area contributed by atoms with Gasteiger partial charge in [0, 0.05) is 28.3 Å². The summed E-state index contributed by atoms with van der Waals surface area (Å²) in [5.41, 5.74) is 4.69. The second kappa shape index (κ2) is 15.3. The monoisotopic (exact) mass is 642 g/mol. The van der Waals surface area contributed by atoms with Gasteiger partial charge in [-0.15, -0.1) is 11.8 Å². The number of carbonyl (C=O) groups is 3. The van der Waals surface area contributed by atoms with E-state index in [1.807, 2.05) is 54.6 Å². The molecular weight excluding hydrogens is 612 g/mol. The second-order valence-corrected chi connectivity index (χ2v) is 11.5. The first kappa shape index (κ1) is 32.4. The molecule has 0 radical (unpaired) electrons. The van der Waals surface area contributed by atoms with Gasteiger partial charge < -0.3 is 16.0 Å². The molecule has 9 nitrogen and oxygen atoms in total. The fourth-order valence-corrected chi connectivity index (χ4v) is 5.32. The Balaban J connectivity index is 1.29. The number of nitrogens with one attached hydrogen (secondary N) is 3. The molecule has 234 valence electrons. The molecule has 0 bridgehead atoms. The van der Waals surface area contributed by atoms with Crippen molar-refractivity contribution in [3.8, 4) is 11.1 Å². The third-order valence-corrected chi connectivity index (χ3v) is 8.02. The molecule has 0 heterocycles. The highest BCUT2D eigenvalue weighted by Gasteiger charge is 2.16. The fourth-order valence-electron chi connectivity index (χ4n) is 4.57. The topological polar surface area (TPSA) is 130 Å².